The molecular formula is C14H17BrClN3S. The summed E-state index contributed by atoms with van der Waals surface area (Å²) in [5.41, 5.74) is 0.997. The van der Waals surface area contributed by atoms with Crippen molar-refractivity contribution in [3.05, 3.63) is 32.7 Å². The van der Waals surface area contributed by atoms with Gasteiger partial charge in [-0.25, -0.2) is 0 Å². The maximum Gasteiger partial charge on any atom is 0.148 e. The van der Waals surface area contributed by atoms with Gasteiger partial charge in [0.25, 0.3) is 0 Å². The highest BCUT2D eigenvalue weighted by molar-refractivity contribution is 9.10. The molecule has 1 N–H and O–H groups in total. The molecule has 1 heterocycles. The lowest BCUT2D eigenvalue weighted by atomic mass is 10.2. The van der Waals surface area contributed by atoms with Gasteiger partial charge in [-0.15, -0.1) is 10.2 Å². The normalized spacial score (nSPS) is 11.2. The fourth-order valence-corrected chi connectivity index (χ4v) is 3.32. The molecule has 1 aromatic heterocycles. The van der Waals surface area contributed by atoms with Gasteiger partial charge < -0.3 is 5.32 Å². The van der Waals surface area contributed by atoms with Crippen molar-refractivity contribution in [1.29, 1.82) is 0 Å². The molecule has 0 saturated carbocycles. The summed E-state index contributed by atoms with van der Waals surface area (Å²) in [4.78, 5) is 0. The van der Waals surface area contributed by atoms with Crippen LogP contribution in [0.4, 0.5) is 0 Å². The lowest BCUT2D eigenvalue weighted by Crippen LogP contribution is -2.22. The molecule has 3 nitrogen and oxygen atoms in total. The van der Waals surface area contributed by atoms with Crippen LogP contribution in [0.3, 0.4) is 0 Å². The molecular weight excluding hydrogens is 358 g/mol. The van der Waals surface area contributed by atoms with Crippen molar-refractivity contribution >= 4 is 38.9 Å². The smallest absolute Gasteiger partial charge is 0.148 e. The van der Waals surface area contributed by atoms with Crippen molar-refractivity contribution in [1.82, 2.24) is 15.5 Å². The standard InChI is InChI=1S/C14H17BrClN3S/c1-9(2)8-17-6-5-13-18-19-14(20-13)11-7-10(16)3-4-12(11)15/h3-4,7,9,17H,5-6,8H2,1-2H3. The summed E-state index contributed by atoms with van der Waals surface area (Å²) < 4.78 is 0.988. The molecule has 0 fully saturated rings. The maximum absolute atomic E-state index is 6.03. The SMILES string of the molecule is CC(C)CNCCc1nnc(-c2cc(Cl)ccc2Br)s1. The van der Waals surface area contributed by atoms with Crippen molar-refractivity contribution in [2.45, 2.75) is 20.3 Å². The minimum atomic E-state index is 0.669. The monoisotopic (exact) mass is 373 g/mol. The van der Waals surface area contributed by atoms with Gasteiger partial charge in [0.15, 0.2) is 0 Å². The zero-order valence-electron chi connectivity index (χ0n) is 11.5. The van der Waals surface area contributed by atoms with Gasteiger partial charge in [-0.1, -0.05) is 52.7 Å². The van der Waals surface area contributed by atoms with E-state index in [-0.39, 0.29) is 0 Å². The largest absolute Gasteiger partial charge is 0.316 e. The van der Waals surface area contributed by atoms with Crippen molar-refractivity contribution in [3.8, 4) is 10.6 Å². The van der Waals surface area contributed by atoms with Gasteiger partial charge in [-0.2, -0.15) is 0 Å². The van der Waals surface area contributed by atoms with Gasteiger partial charge in [0, 0.05) is 28.0 Å². The highest BCUT2D eigenvalue weighted by Gasteiger charge is 2.10. The van der Waals surface area contributed by atoms with Gasteiger partial charge in [-0.05, 0) is 30.7 Å². The Balaban J connectivity index is 2.00. The van der Waals surface area contributed by atoms with Crippen LogP contribution in [0.15, 0.2) is 22.7 Å². The van der Waals surface area contributed by atoms with Crippen molar-refractivity contribution in [2.24, 2.45) is 5.92 Å². The third-order valence-electron chi connectivity index (χ3n) is 2.69. The average molecular weight is 375 g/mol. The minimum Gasteiger partial charge on any atom is -0.316 e. The van der Waals surface area contributed by atoms with E-state index in [1.165, 1.54) is 0 Å². The predicted molar refractivity (Wildman–Crippen MR) is 89.5 cm³/mol. The Bertz CT molecular complexity index is 571. The van der Waals surface area contributed by atoms with E-state index in [1.807, 2.05) is 18.2 Å². The third kappa shape index (κ3) is 4.52. The quantitative estimate of drug-likeness (QED) is 0.761. The Morgan fingerprint density at radius 2 is 2.15 bits per heavy atom. The maximum atomic E-state index is 6.03. The minimum absolute atomic E-state index is 0.669. The molecule has 0 aliphatic carbocycles. The first-order valence-electron chi connectivity index (χ1n) is 6.55. The molecule has 20 heavy (non-hydrogen) atoms. The van der Waals surface area contributed by atoms with E-state index in [9.17, 15) is 0 Å². The van der Waals surface area contributed by atoms with Gasteiger partial charge in [0.2, 0.25) is 0 Å². The summed E-state index contributed by atoms with van der Waals surface area (Å²) in [6, 6.07) is 5.70. The summed E-state index contributed by atoms with van der Waals surface area (Å²) >= 11 is 11.2. The first-order valence-corrected chi connectivity index (χ1v) is 8.53. The molecule has 2 aromatic rings. The van der Waals surface area contributed by atoms with Crippen LogP contribution >= 0.6 is 38.9 Å². The first-order chi connectivity index (χ1) is 9.56. The van der Waals surface area contributed by atoms with Crippen LogP contribution in [-0.2, 0) is 6.42 Å². The van der Waals surface area contributed by atoms with E-state index in [0.29, 0.717) is 10.9 Å². The first kappa shape index (κ1) is 15.9. The van der Waals surface area contributed by atoms with Crippen LogP contribution in [0.1, 0.15) is 18.9 Å². The van der Waals surface area contributed by atoms with Crippen LogP contribution in [0.25, 0.3) is 10.6 Å². The summed E-state index contributed by atoms with van der Waals surface area (Å²) in [6.45, 7) is 6.37. The molecule has 0 amide bonds. The van der Waals surface area contributed by atoms with E-state index >= 15 is 0 Å². The number of hydrogen-bond acceptors (Lipinski definition) is 4. The third-order valence-corrected chi connectivity index (χ3v) is 4.64. The van der Waals surface area contributed by atoms with Crippen molar-refractivity contribution in [3.63, 3.8) is 0 Å². The Morgan fingerprint density at radius 1 is 1.35 bits per heavy atom. The number of rotatable bonds is 6. The van der Waals surface area contributed by atoms with Crippen LogP contribution in [-0.4, -0.2) is 23.3 Å². The number of benzene rings is 1. The predicted octanol–water partition coefficient (Wildman–Crippen LogP) is 4.41. The summed E-state index contributed by atoms with van der Waals surface area (Å²) in [7, 11) is 0. The van der Waals surface area contributed by atoms with Crippen LogP contribution in [0.5, 0.6) is 0 Å². The Hall–Kier alpha value is -0.490. The van der Waals surface area contributed by atoms with Crippen molar-refractivity contribution in [2.75, 3.05) is 13.1 Å². The Labute approximate surface area is 136 Å². The summed E-state index contributed by atoms with van der Waals surface area (Å²) in [5.74, 6) is 0.669. The van der Waals surface area contributed by atoms with Gasteiger partial charge in [0.1, 0.15) is 10.0 Å². The molecule has 1 aromatic carbocycles. The summed E-state index contributed by atoms with van der Waals surface area (Å²) in [5, 5.41) is 14.6. The molecule has 6 heteroatoms. The zero-order valence-corrected chi connectivity index (χ0v) is 14.6. The molecule has 0 aliphatic rings. The van der Waals surface area contributed by atoms with E-state index < -0.39 is 0 Å². The fourth-order valence-electron chi connectivity index (χ4n) is 1.71. The number of aromatic nitrogens is 2. The highest BCUT2D eigenvalue weighted by atomic mass is 79.9. The van der Waals surface area contributed by atoms with Crippen molar-refractivity contribution < 1.29 is 0 Å². The molecule has 108 valence electrons. The molecule has 0 saturated heterocycles. The second kappa shape index (κ2) is 7.50. The van der Waals surface area contributed by atoms with E-state index in [0.717, 1.165) is 39.6 Å². The summed E-state index contributed by atoms with van der Waals surface area (Å²) in [6.07, 6.45) is 0.905. The second-order valence-corrected chi connectivity index (χ2v) is 7.33. The molecule has 0 aliphatic heterocycles. The van der Waals surface area contributed by atoms with Gasteiger partial charge in [-0.3, -0.25) is 0 Å². The molecule has 0 radical (unpaired) electrons. The average Bonchev–Trinajstić information content (AvgIpc) is 2.86. The molecule has 0 bridgehead atoms. The lowest BCUT2D eigenvalue weighted by Gasteiger charge is -2.05. The Morgan fingerprint density at radius 3 is 2.90 bits per heavy atom. The molecule has 2 rings (SSSR count). The molecule has 0 spiro atoms. The molecule has 0 atom stereocenters. The Kier molecular flexibility index (Phi) is 5.96. The number of nitrogens with zero attached hydrogens (tertiary/aromatic N) is 2. The topological polar surface area (TPSA) is 37.8 Å². The van der Waals surface area contributed by atoms with E-state index in [2.05, 4.69) is 45.3 Å². The number of nitrogens with one attached hydrogen (secondary N) is 1. The van der Waals surface area contributed by atoms with Gasteiger partial charge >= 0.3 is 0 Å². The van der Waals surface area contributed by atoms with Crippen LogP contribution in [0, 0.1) is 5.92 Å². The van der Waals surface area contributed by atoms with Crippen LogP contribution in [0.2, 0.25) is 5.02 Å². The van der Waals surface area contributed by atoms with E-state index in [1.54, 1.807) is 11.3 Å². The van der Waals surface area contributed by atoms with E-state index in [4.69, 9.17) is 11.6 Å². The second-order valence-electron chi connectivity index (χ2n) is 4.97. The number of hydrogen-bond donors (Lipinski definition) is 1. The number of halogens is 2. The van der Waals surface area contributed by atoms with Gasteiger partial charge in [0.05, 0.1) is 0 Å². The fraction of sp³-hybridized carbons (Fsp3) is 0.429. The zero-order chi connectivity index (χ0) is 14.5. The highest BCUT2D eigenvalue weighted by Crippen LogP contribution is 2.32. The van der Waals surface area contributed by atoms with Crippen LogP contribution < -0.4 is 5.32 Å². The lowest BCUT2D eigenvalue weighted by molar-refractivity contribution is 0.553. The molecule has 0 unspecified atom stereocenters.